The van der Waals surface area contributed by atoms with Crippen LogP contribution in [0, 0.1) is 5.82 Å². The summed E-state index contributed by atoms with van der Waals surface area (Å²) in [6, 6.07) is 12.1. The number of benzene rings is 2. The number of H-pyrrole nitrogens is 1. The summed E-state index contributed by atoms with van der Waals surface area (Å²) in [5.74, 6) is 0.154. The molecule has 1 aliphatic heterocycles. The maximum Gasteiger partial charge on any atom is 0.511 e. The van der Waals surface area contributed by atoms with Crippen LogP contribution < -0.4 is 9.64 Å². The van der Waals surface area contributed by atoms with Crippen molar-refractivity contribution in [3.8, 4) is 5.75 Å². The molecule has 1 aromatic heterocycles. The number of hydrogen-bond acceptors (Lipinski definition) is 4. The lowest BCUT2D eigenvalue weighted by Gasteiger charge is -2.36. The van der Waals surface area contributed by atoms with Gasteiger partial charge in [-0.25, -0.2) is 9.18 Å². The van der Waals surface area contributed by atoms with Gasteiger partial charge in [-0.15, -0.1) is 0 Å². The van der Waals surface area contributed by atoms with E-state index in [0.717, 1.165) is 68.6 Å². The number of carboxylic acid groups (broad SMARTS) is 1. The van der Waals surface area contributed by atoms with Crippen LogP contribution in [0.2, 0.25) is 0 Å². The highest BCUT2D eigenvalue weighted by molar-refractivity contribution is 5.85. The van der Waals surface area contributed by atoms with Crippen LogP contribution in [0.4, 0.5) is 14.9 Å². The van der Waals surface area contributed by atoms with Crippen LogP contribution in [0.5, 0.6) is 5.75 Å². The van der Waals surface area contributed by atoms with E-state index in [4.69, 9.17) is 9.84 Å². The van der Waals surface area contributed by atoms with E-state index in [2.05, 4.69) is 14.8 Å². The molecule has 0 saturated carbocycles. The fraction of sp³-hybridized carbons (Fsp3) is 0.348. The van der Waals surface area contributed by atoms with Crippen molar-refractivity contribution >= 4 is 22.7 Å². The summed E-state index contributed by atoms with van der Waals surface area (Å²) in [5.41, 5.74) is 3.12. The number of piperazine rings is 1. The van der Waals surface area contributed by atoms with Gasteiger partial charge in [0.2, 0.25) is 0 Å². The molecular formula is C23H26FN3O3. The van der Waals surface area contributed by atoms with Crippen LogP contribution in [-0.4, -0.2) is 53.9 Å². The quantitative estimate of drug-likeness (QED) is 0.340. The number of nitrogens with zero attached hydrogens (tertiary/aromatic N) is 2. The van der Waals surface area contributed by atoms with Gasteiger partial charge in [-0.1, -0.05) is 6.07 Å². The number of rotatable bonds is 7. The number of ether oxygens (including phenoxy) is 1. The average molecular weight is 411 g/mol. The summed E-state index contributed by atoms with van der Waals surface area (Å²) < 4.78 is 18.2. The van der Waals surface area contributed by atoms with E-state index in [1.54, 1.807) is 24.3 Å². The number of hydrogen-bond donors (Lipinski definition) is 2. The van der Waals surface area contributed by atoms with Crippen LogP contribution in [0.3, 0.4) is 0 Å². The number of carbonyl (C=O) groups is 1. The highest BCUT2D eigenvalue weighted by Gasteiger charge is 2.17. The normalized spacial score (nSPS) is 14.9. The van der Waals surface area contributed by atoms with Crippen molar-refractivity contribution in [2.24, 2.45) is 0 Å². The van der Waals surface area contributed by atoms with Crippen molar-refractivity contribution in [3.63, 3.8) is 0 Å². The van der Waals surface area contributed by atoms with Gasteiger partial charge in [-0.05, 0) is 67.8 Å². The zero-order valence-electron chi connectivity index (χ0n) is 16.8. The van der Waals surface area contributed by atoms with E-state index >= 15 is 0 Å². The second-order valence-electron chi connectivity index (χ2n) is 7.65. The van der Waals surface area contributed by atoms with E-state index in [1.807, 2.05) is 18.3 Å². The van der Waals surface area contributed by atoms with Crippen LogP contribution in [0.25, 0.3) is 10.9 Å². The molecule has 0 atom stereocenters. The fourth-order valence-electron chi connectivity index (χ4n) is 4.08. The number of unbranched alkanes of at least 4 members (excludes halogenated alkanes) is 1. The molecule has 158 valence electrons. The number of aromatic nitrogens is 1. The van der Waals surface area contributed by atoms with Crippen molar-refractivity contribution < 1.29 is 19.0 Å². The Morgan fingerprint density at radius 2 is 1.93 bits per heavy atom. The van der Waals surface area contributed by atoms with Crippen molar-refractivity contribution in [2.75, 3.05) is 37.6 Å². The van der Waals surface area contributed by atoms with Crippen LogP contribution in [-0.2, 0) is 6.42 Å². The third kappa shape index (κ3) is 4.91. The first-order valence-electron chi connectivity index (χ1n) is 10.3. The molecule has 30 heavy (non-hydrogen) atoms. The Morgan fingerprint density at radius 3 is 2.70 bits per heavy atom. The minimum Gasteiger partial charge on any atom is -0.449 e. The van der Waals surface area contributed by atoms with Gasteiger partial charge in [0.05, 0.1) is 0 Å². The monoisotopic (exact) mass is 411 g/mol. The Hall–Kier alpha value is -3.06. The van der Waals surface area contributed by atoms with E-state index in [0.29, 0.717) is 5.75 Å². The van der Waals surface area contributed by atoms with E-state index in [1.165, 1.54) is 11.6 Å². The molecule has 2 N–H and O–H groups in total. The lowest BCUT2D eigenvalue weighted by atomic mass is 10.1. The molecule has 0 radical (unpaired) electrons. The summed E-state index contributed by atoms with van der Waals surface area (Å²) in [6.07, 6.45) is 3.77. The molecule has 1 saturated heterocycles. The minimum absolute atomic E-state index is 0.186. The average Bonchev–Trinajstić information content (AvgIpc) is 3.13. The van der Waals surface area contributed by atoms with Gasteiger partial charge >= 0.3 is 6.16 Å². The molecule has 2 heterocycles. The standard InChI is InChI=1S/C23H26FN3O3/c24-18-5-3-6-19(14-18)27-12-10-26(11-13-27)9-2-1-4-17-16-25-22-8-7-20(15-21(17)22)30-23(28)29/h3,5-8,14-16,25H,1-2,4,9-13H2,(H,28,29). The molecule has 0 aliphatic carbocycles. The Balaban J connectivity index is 1.23. The third-order valence-corrected chi connectivity index (χ3v) is 5.66. The number of aromatic amines is 1. The van der Waals surface area contributed by atoms with Gasteiger partial charge in [0.15, 0.2) is 0 Å². The summed E-state index contributed by atoms with van der Waals surface area (Å²) in [6.45, 7) is 4.85. The molecule has 0 bridgehead atoms. The summed E-state index contributed by atoms with van der Waals surface area (Å²) in [7, 11) is 0. The Labute approximate surface area is 174 Å². The molecule has 7 heteroatoms. The van der Waals surface area contributed by atoms with Crippen LogP contribution in [0.1, 0.15) is 18.4 Å². The lowest BCUT2D eigenvalue weighted by molar-refractivity contribution is 0.144. The van der Waals surface area contributed by atoms with Crippen LogP contribution in [0.15, 0.2) is 48.7 Å². The van der Waals surface area contributed by atoms with E-state index < -0.39 is 6.16 Å². The SMILES string of the molecule is O=C(O)Oc1ccc2[nH]cc(CCCCN3CCN(c4cccc(F)c4)CC3)c2c1. The molecule has 3 aromatic rings. The number of nitrogens with one attached hydrogen (secondary N) is 1. The summed E-state index contributed by atoms with van der Waals surface area (Å²) in [4.78, 5) is 18.7. The summed E-state index contributed by atoms with van der Waals surface area (Å²) in [5, 5.41) is 9.81. The van der Waals surface area contributed by atoms with Crippen molar-refractivity contribution in [2.45, 2.75) is 19.3 Å². The molecule has 1 fully saturated rings. The Morgan fingerprint density at radius 1 is 1.10 bits per heavy atom. The topological polar surface area (TPSA) is 68.8 Å². The second kappa shape index (κ2) is 9.17. The van der Waals surface area contributed by atoms with Gasteiger partial charge in [-0.3, -0.25) is 4.90 Å². The molecule has 0 unspecified atom stereocenters. The van der Waals surface area contributed by atoms with Crippen molar-refractivity contribution in [1.29, 1.82) is 0 Å². The zero-order valence-corrected chi connectivity index (χ0v) is 16.8. The number of aryl methyl sites for hydroxylation is 1. The van der Waals surface area contributed by atoms with Crippen LogP contribution >= 0.6 is 0 Å². The highest BCUT2D eigenvalue weighted by Crippen LogP contribution is 2.25. The molecule has 4 rings (SSSR count). The van der Waals surface area contributed by atoms with Gasteiger partial charge < -0.3 is 19.7 Å². The second-order valence-corrected chi connectivity index (χ2v) is 7.65. The maximum atomic E-state index is 13.4. The predicted molar refractivity (Wildman–Crippen MR) is 115 cm³/mol. The molecule has 2 aromatic carbocycles. The Kier molecular flexibility index (Phi) is 6.18. The number of anilines is 1. The first kappa shape index (κ1) is 20.2. The zero-order chi connectivity index (χ0) is 20.9. The fourth-order valence-corrected chi connectivity index (χ4v) is 4.08. The Bertz CT molecular complexity index is 1010. The van der Waals surface area contributed by atoms with E-state index in [9.17, 15) is 9.18 Å². The van der Waals surface area contributed by atoms with Gasteiger partial charge in [0.25, 0.3) is 0 Å². The first-order valence-corrected chi connectivity index (χ1v) is 10.3. The van der Waals surface area contributed by atoms with Gasteiger partial charge in [-0.2, -0.15) is 0 Å². The molecule has 6 nitrogen and oxygen atoms in total. The van der Waals surface area contributed by atoms with Crippen molar-refractivity contribution in [3.05, 3.63) is 60.0 Å². The molecule has 1 aliphatic rings. The first-order chi connectivity index (χ1) is 14.6. The highest BCUT2D eigenvalue weighted by atomic mass is 19.1. The number of fused-ring (bicyclic) bond motifs is 1. The lowest BCUT2D eigenvalue weighted by Crippen LogP contribution is -2.46. The molecule has 0 amide bonds. The van der Waals surface area contributed by atoms with Crippen molar-refractivity contribution in [1.82, 2.24) is 9.88 Å². The van der Waals surface area contributed by atoms with E-state index in [-0.39, 0.29) is 5.82 Å². The van der Waals surface area contributed by atoms with Gasteiger partial charge in [0, 0.05) is 49.0 Å². The largest absolute Gasteiger partial charge is 0.511 e. The molecule has 0 spiro atoms. The number of halogens is 1. The maximum absolute atomic E-state index is 13.4. The predicted octanol–water partition coefficient (Wildman–Crippen LogP) is 4.51. The molecular weight excluding hydrogens is 385 g/mol. The summed E-state index contributed by atoms with van der Waals surface area (Å²) >= 11 is 0. The van der Waals surface area contributed by atoms with Gasteiger partial charge in [0.1, 0.15) is 11.6 Å². The minimum atomic E-state index is -1.30. The third-order valence-electron chi connectivity index (χ3n) is 5.66. The smallest absolute Gasteiger partial charge is 0.449 e.